The first kappa shape index (κ1) is 13.4. The Morgan fingerprint density at radius 1 is 1.00 bits per heavy atom. The van der Waals surface area contributed by atoms with Crippen LogP contribution >= 0.6 is 0 Å². The van der Waals surface area contributed by atoms with Crippen LogP contribution in [-0.2, 0) is 9.59 Å². The molecule has 0 spiro atoms. The van der Waals surface area contributed by atoms with Crippen LogP contribution in [0.4, 0.5) is 0 Å². The fraction of sp³-hybridized carbons (Fsp3) is 0.312. The third kappa shape index (κ3) is 2.16. The molecule has 0 fully saturated rings. The molecule has 0 aromatic carbocycles. The molecule has 0 saturated carbocycles. The van der Waals surface area contributed by atoms with Gasteiger partial charge in [0, 0.05) is 40.6 Å². The van der Waals surface area contributed by atoms with E-state index in [0.29, 0.717) is 22.3 Å². The summed E-state index contributed by atoms with van der Waals surface area (Å²) in [6.07, 6.45) is 3.43. The summed E-state index contributed by atoms with van der Waals surface area (Å²) >= 11 is 0. The van der Waals surface area contributed by atoms with Crippen molar-refractivity contribution in [2.45, 2.75) is 33.6 Å². The van der Waals surface area contributed by atoms with Gasteiger partial charge in [0.25, 0.3) is 0 Å². The van der Waals surface area contributed by atoms with Crippen LogP contribution in [0.25, 0.3) is 0 Å². The Labute approximate surface area is 113 Å². The highest BCUT2D eigenvalue weighted by molar-refractivity contribution is 6.25. The van der Waals surface area contributed by atoms with Gasteiger partial charge in [-0.3, -0.25) is 14.6 Å². The molecule has 1 aliphatic carbocycles. The fourth-order valence-corrected chi connectivity index (χ4v) is 2.44. The number of aromatic nitrogens is 1. The fourth-order valence-electron chi connectivity index (χ4n) is 2.44. The largest absolute Gasteiger partial charge is 0.289 e. The predicted octanol–water partition coefficient (Wildman–Crippen LogP) is 2.99. The lowest BCUT2D eigenvalue weighted by molar-refractivity contribution is -0.116. The molecule has 2 rings (SSSR count). The molecule has 1 aliphatic rings. The number of ketones is 2. The van der Waals surface area contributed by atoms with E-state index in [2.05, 4.69) is 4.98 Å². The molecule has 1 atom stereocenters. The third-order valence-corrected chi connectivity index (χ3v) is 3.85. The van der Waals surface area contributed by atoms with Gasteiger partial charge in [-0.25, -0.2) is 0 Å². The van der Waals surface area contributed by atoms with Gasteiger partial charge in [-0.2, -0.15) is 0 Å². The maximum Gasteiger partial charge on any atom is 0.186 e. The van der Waals surface area contributed by atoms with Gasteiger partial charge in [0.1, 0.15) is 0 Å². The molecule has 1 aromatic rings. The van der Waals surface area contributed by atoms with Gasteiger partial charge in [-0.05, 0) is 32.4 Å². The highest BCUT2D eigenvalue weighted by Gasteiger charge is 2.31. The number of pyridine rings is 1. The summed E-state index contributed by atoms with van der Waals surface area (Å²) in [5.41, 5.74) is 3.22. The van der Waals surface area contributed by atoms with Crippen LogP contribution in [0.3, 0.4) is 0 Å². The van der Waals surface area contributed by atoms with E-state index in [1.165, 1.54) is 0 Å². The summed E-state index contributed by atoms with van der Waals surface area (Å²) in [4.78, 5) is 28.6. The van der Waals surface area contributed by atoms with E-state index in [1.54, 1.807) is 33.2 Å². The van der Waals surface area contributed by atoms with Gasteiger partial charge in [0.2, 0.25) is 0 Å². The average molecular weight is 255 g/mol. The molecule has 0 N–H and O–H groups in total. The highest BCUT2D eigenvalue weighted by Crippen LogP contribution is 2.33. The van der Waals surface area contributed by atoms with Gasteiger partial charge < -0.3 is 0 Å². The molecule has 1 heterocycles. The van der Waals surface area contributed by atoms with Gasteiger partial charge in [-0.1, -0.05) is 13.0 Å². The third-order valence-electron chi connectivity index (χ3n) is 3.85. The van der Waals surface area contributed by atoms with Crippen LogP contribution in [0.15, 0.2) is 46.8 Å². The molecule has 1 aromatic heterocycles. The molecule has 0 aliphatic heterocycles. The minimum Gasteiger partial charge on any atom is -0.289 e. The first-order valence-electron chi connectivity index (χ1n) is 6.32. The zero-order chi connectivity index (χ0) is 14.2. The number of rotatable bonds is 2. The van der Waals surface area contributed by atoms with Crippen molar-refractivity contribution in [1.29, 1.82) is 0 Å². The maximum atomic E-state index is 12.4. The Hall–Kier alpha value is -2.03. The standard InChI is InChI=1S/C16H17NO2/c1-9-10(2)16(19)14(12(4)15(9)18)11(3)13-6-5-7-17-8-13/h5-8,11H,1-4H3/t11-/m0/s1. The van der Waals surface area contributed by atoms with E-state index >= 15 is 0 Å². The van der Waals surface area contributed by atoms with Gasteiger partial charge in [0.15, 0.2) is 11.6 Å². The van der Waals surface area contributed by atoms with Crippen molar-refractivity contribution < 1.29 is 9.59 Å². The Kier molecular flexibility index (Phi) is 3.47. The number of carbonyl (C=O) groups excluding carboxylic acids is 2. The first-order chi connectivity index (χ1) is 8.95. The van der Waals surface area contributed by atoms with Crippen molar-refractivity contribution in [3.8, 4) is 0 Å². The monoisotopic (exact) mass is 255 g/mol. The number of nitrogens with zero attached hydrogens (tertiary/aromatic N) is 1. The number of hydrogen-bond acceptors (Lipinski definition) is 3. The molecule has 3 nitrogen and oxygen atoms in total. The van der Waals surface area contributed by atoms with Crippen molar-refractivity contribution in [2.75, 3.05) is 0 Å². The summed E-state index contributed by atoms with van der Waals surface area (Å²) in [5.74, 6) is -0.165. The lowest BCUT2D eigenvalue weighted by Gasteiger charge is -2.23. The number of carbonyl (C=O) groups is 2. The van der Waals surface area contributed by atoms with Crippen molar-refractivity contribution in [3.05, 3.63) is 52.4 Å². The molecular formula is C16H17NO2. The van der Waals surface area contributed by atoms with Crippen molar-refractivity contribution in [2.24, 2.45) is 0 Å². The SMILES string of the molecule is CC1=C(C)C(=O)C([C@@H](C)c2cccnc2)=C(C)C1=O. The molecule has 0 saturated heterocycles. The number of allylic oxidation sites excluding steroid dienone is 4. The molecular weight excluding hydrogens is 238 g/mol. The molecule has 0 unspecified atom stereocenters. The van der Waals surface area contributed by atoms with E-state index in [4.69, 9.17) is 0 Å². The Balaban J connectivity index is 2.50. The van der Waals surface area contributed by atoms with Crippen LogP contribution in [-0.4, -0.2) is 16.6 Å². The Morgan fingerprint density at radius 2 is 1.63 bits per heavy atom. The summed E-state index contributed by atoms with van der Waals surface area (Å²) in [5, 5.41) is 0. The van der Waals surface area contributed by atoms with E-state index in [9.17, 15) is 9.59 Å². The molecule has 0 radical (unpaired) electrons. The van der Waals surface area contributed by atoms with Crippen molar-refractivity contribution in [1.82, 2.24) is 4.98 Å². The van der Waals surface area contributed by atoms with Crippen LogP contribution in [0, 0.1) is 0 Å². The first-order valence-corrected chi connectivity index (χ1v) is 6.32. The summed E-state index contributed by atoms with van der Waals surface area (Å²) in [6.45, 7) is 7.11. The topological polar surface area (TPSA) is 47.0 Å². The zero-order valence-electron chi connectivity index (χ0n) is 11.7. The van der Waals surface area contributed by atoms with Crippen LogP contribution < -0.4 is 0 Å². The lowest BCUT2D eigenvalue weighted by Crippen LogP contribution is -2.23. The van der Waals surface area contributed by atoms with Crippen LogP contribution in [0.2, 0.25) is 0 Å². The predicted molar refractivity (Wildman–Crippen MR) is 73.7 cm³/mol. The lowest BCUT2D eigenvalue weighted by atomic mass is 9.79. The maximum absolute atomic E-state index is 12.4. The van der Waals surface area contributed by atoms with Gasteiger partial charge >= 0.3 is 0 Å². The van der Waals surface area contributed by atoms with E-state index < -0.39 is 0 Å². The molecule has 98 valence electrons. The Morgan fingerprint density at radius 3 is 2.21 bits per heavy atom. The zero-order valence-corrected chi connectivity index (χ0v) is 11.7. The van der Waals surface area contributed by atoms with Gasteiger partial charge in [0.05, 0.1) is 0 Å². The van der Waals surface area contributed by atoms with E-state index in [0.717, 1.165) is 5.56 Å². The van der Waals surface area contributed by atoms with Crippen molar-refractivity contribution in [3.63, 3.8) is 0 Å². The summed E-state index contributed by atoms with van der Waals surface area (Å²) in [6, 6.07) is 3.76. The van der Waals surface area contributed by atoms with Crippen LogP contribution in [0.5, 0.6) is 0 Å². The second-order valence-corrected chi connectivity index (χ2v) is 4.95. The van der Waals surface area contributed by atoms with Crippen molar-refractivity contribution >= 4 is 11.6 Å². The van der Waals surface area contributed by atoms with E-state index in [-0.39, 0.29) is 17.5 Å². The average Bonchev–Trinajstić information content (AvgIpc) is 2.44. The second kappa shape index (κ2) is 4.92. The molecule has 0 bridgehead atoms. The van der Waals surface area contributed by atoms with Gasteiger partial charge in [-0.15, -0.1) is 0 Å². The second-order valence-electron chi connectivity index (χ2n) is 4.95. The minimum atomic E-state index is -0.117. The van der Waals surface area contributed by atoms with Crippen LogP contribution in [0.1, 0.15) is 39.2 Å². The minimum absolute atomic E-state index is 0.0223. The van der Waals surface area contributed by atoms with E-state index in [1.807, 2.05) is 19.1 Å². The molecule has 19 heavy (non-hydrogen) atoms. The molecule has 0 amide bonds. The Bertz CT molecular complexity index is 609. The summed E-state index contributed by atoms with van der Waals surface area (Å²) < 4.78 is 0. The smallest absolute Gasteiger partial charge is 0.186 e. The quantitative estimate of drug-likeness (QED) is 0.763. The number of hydrogen-bond donors (Lipinski definition) is 0. The highest BCUT2D eigenvalue weighted by atomic mass is 16.1. The number of Topliss-reactive ketones (excluding diaryl/α,β-unsaturated/α-hetero) is 2. The summed E-state index contributed by atoms with van der Waals surface area (Å²) in [7, 11) is 0. The molecule has 3 heteroatoms. The normalized spacial score (nSPS) is 18.1.